The first-order valence-corrected chi connectivity index (χ1v) is 23.2. The summed E-state index contributed by atoms with van der Waals surface area (Å²) in [5.74, 6) is 0.166. The minimum Gasteiger partial charge on any atom is -0.456 e. The summed E-state index contributed by atoms with van der Waals surface area (Å²) in [6.07, 6.45) is 16.7. The Balaban J connectivity index is 1.05. The highest BCUT2D eigenvalue weighted by Crippen LogP contribution is 2.67. The zero-order valence-corrected chi connectivity index (χ0v) is 36.4. The van der Waals surface area contributed by atoms with E-state index in [4.69, 9.17) is 4.42 Å². The van der Waals surface area contributed by atoms with Crippen molar-refractivity contribution >= 4 is 38.9 Å². The third kappa shape index (κ3) is 5.35. The van der Waals surface area contributed by atoms with Crippen molar-refractivity contribution in [1.29, 1.82) is 0 Å². The number of allylic oxidation sites excluding steroid dienone is 6. The van der Waals surface area contributed by atoms with Gasteiger partial charge < -0.3 is 9.32 Å². The molecule has 1 heterocycles. The number of nitrogens with zero attached hydrogens (tertiary/aromatic N) is 1. The molecule has 13 rings (SSSR count). The van der Waals surface area contributed by atoms with Gasteiger partial charge in [-0.1, -0.05) is 201 Å². The van der Waals surface area contributed by atoms with Gasteiger partial charge in [-0.3, -0.25) is 0 Å². The highest BCUT2D eigenvalue weighted by Gasteiger charge is 2.58. The second kappa shape index (κ2) is 14.7. The fourth-order valence-corrected chi connectivity index (χ4v) is 12.3. The van der Waals surface area contributed by atoms with E-state index in [2.05, 4.69) is 236 Å². The number of rotatable bonds is 7. The van der Waals surface area contributed by atoms with E-state index in [0.717, 1.165) is 40.5 Å². The van der Waals surface area contributed by atoms with E-state index in [1.165, 1.54) is 72.5 Å². The molecule has 9 aromatic rings. The average Bonchev–Trinajstić information content (AvgIpc) is 3.90. The molecule has 0 spiro atoms. The maximum absolute atomic E-state index is 6.23. The molecule has 310 valence electrons. The number of para-hydroxylation sites is 3. The van der Waals surface area contributed by atoms with Gasteiger partial charge in [0.2, 0.25) is 0 Å². The van der Waals surface area contributed by atoms with Gasteiger partial charge in [-0.05, 0) is 122 Å². The van der Waals surface area contributed by atoms with Crippen LogP contribution in [-0.4, -0.2) is 6.04 Å². The van der Waals surface area contributed by atoms with Crippen LogP contribution >= 0.6 is 0 Å². The fraction of sp³-hybridized carbons (Fsp3) is 0.111. The molecule has 1 aromatic heterocycles. The predicted molar refractivity (Wildman–Crippen MR) is 269 cm³/mol. The van der Waals surface area contributed by atoms with Crippen LogP contribution < -0.4 is 4.90 Å². The summed E-state index contributed by atoms with van der Waals surface area (Å²) in [4.78, 5) is 2.62. The molecule has 3 unspecified atom stereocenters. The zero-order valence-electron chi connectivity index (χ0n) is 36.4. The molecule has 8 aromatic carbocycles. The first-order chi connectivity index (χ1) is 32.2. The standard InChI is InChI=1S/C63H47NO/c1-42-40-43(44-37-39-60-51(41-44)49-27-12-18-35-59(49)65-60)36-38-57(42)64(47-24-9-4-10-25-47)58-34-17-16-32-55(58)62(45-20-5-2-6-21-45)53-30-14-15-31-54(53)63(46-22-7-3-8-23-46)52-29-13-11-26-48(52)50-28-19-33-56(62)61(50)63/h2,4-7,9-42,57H,3,8H2,1H3/t42-,57?,62?,63?/m1/s1. The SMILES string of the molecule is C[C@@H]1C=C(c2ccc3oc4ccccc4c3c2)C=CC1N(c1ccccc1)c1ccccc1C1(c2ccccc2)c2ccccc2C2(C3=CCCC=C3)c3ccccc3-c3cccc1c32. The van der Waals surface area contributed by atoms with E-state index in [0.29, 0.717) is 0 Å². The van der Waals surface area contributed by atoms with Crippen molar-refractivity contribution in [3.05, 3.63) is 281 Å². The number of anilines is 2. The Morgan fingerprint density at radius 3 is 1.98 bits per heavy atom. The average molecular weight is 834 g/mol. The Kier molecular flexibility index (Phi) is 8.55. The van der Waals surface area contributed by atoms with E-state index in [9.17, 15) is 0 Å². The van der Waals surface area contributed by atoms with Crippen LogP contribution in [-0.2, 0) is 10.8 Å². The predicted octanol–water partition coefficient (Wildman–Crippen LogP) is 15.7. The van der Waals surface area contributed by atoms with Gasteiger partial charge in [-0.15, -0.1) is 0 Å². The second-order valence-electron chi connectivity index (χ2n) is 18.2. The van der Waals surface area contributed by atoms with Crippen molar-refractivity contribution in [1.82, 2.24) is 0 Å². The minimum absolute atomic E-state index is 0.0230. The van der Waals surface area contributed by atoms with Crippen molar-refractivity contribution in [3.63, 3.8) is 0 Å². The van der Waals surface area contributed by atoms with Crippen LogP contribution in [0.4, 0.5) is 11.4 Å². The molecule has 0 aliphatic heterocycles. The topological polar surface area (TPSA) is 16.4 Å². The van der Waals surface area contributed by atoms with Gasteiger partial charge in [0.05, 0.1) is 16.9 Å². The van der Waals surface area contributed by atoms with Crippen molar-refractivity contribution in [2.24, 2.45) is 5.92 Å². The van der Waals surface area contributed by atoms with Gasteiger partial charge in [0.25, 0.3) is 0 Å². The molecule has 0 fully saturated rings. The van der Waals surface area contributed by atoms with E-state index >= 15 is 0 Å². The molecule has 0 bridgehead atoms. The van der Waals surface area contributed by atoms with Crippen LogP contribution in [0, 0.1) is 5.92 Å². The van der Waals surface area contributed by atoms with Crippen LogP contribution in [0.3, 0.4) is 0 Å². The molecule has 0 saturated carbocycles. The minimum atomic E-state index is -0.678. The molecular weight excluding hydrogens is 787 g/mol. The van der Waals surface area contributed by atoms with E-state index in [1.54, 1.807) is 0 Å². The van der Waals surface area contributed by atoms with Gasteiger partial charge in [-0.2, -0.15) is 0 Å². The quantitative estimate of drug-likeness (QED) is 0.159. The summed E-state index contributed by atoms with van der Waals surface area (Å²) in [7, 11) is 0. The summed E-state index contributed by atoms with van der Waals surface area (Å²) < 4.78 is 6.23. The highest BCUT2D eigenvalue weighted by atomic mass is 16.3. The van der Waals surface area contributed by atoms with Crippen LogP contribution in [0.25, 0.3) is 38.6 Å². The molecule has 65 heavy (non-hydrogen) atoms. The molecule has 2 nitrogen and oxygen atoms in total. The third-order valence-corrected chi connectivity index (χ3v) is 14.9. The third-order valence-electron chi connectivity index (χ3n) is 14.9. The van der Waals surface area contributed by atoms with E-state index in [-0.39, 0.29) is 12.0 Å². The number of fused-ring (bicyclic) bond motifs is 8. The Hall–Kier alpha value is -7.68. The number of hydrogen-bond acceptors (Lipinski definition) is 2. The van der Waals surface area contributed by atoms with Crippen molar-refractivity contribution in [2.45, 2.75) is 36.6 Å². The first kappa shape index (κ1) is 37.8. The maximum atomic E-state index is 6.23. The Morgan fingerprint density at radius 1 is 0.523 bits per heavy atom. The lowest BCUT2D eigenvalue weighted by atomic mass is 9.51. The molecule has 0 saturated heterocycles. The molecule has 0 amide bonds. The van der Waals surface area contributed by atoms with E-state index in [1.807, 2.05) is 6.07 Å². The van der Waals surface area contributed by atoms with Gasteiger partial charge in [0, 0.05) is 22.1 Å². The van der Waals surface area contributed by atoms with Crippen LogP contribution in [0.1, 0.15) is 64.3 Å². The molecule has 4 aliphatic carbocycles. The van der Waals surface area contributed by atoms with Crippen molar-refractivity contribution < 1.29 is 4.42 Å². The maximum Gasteiger partial charge on any atom is 0.135 e. The number of furan rings is 1. The summed E-state index contributed by atoms with van der Waals surface area (Å²) in [5, 5.41) is 2.30. The smallest absolute Gasteiger partial charge is 0.135 e. The molecule has 0 radical (unpaired) electrons. The normalized spacial score (nSPS) is 21.4. The van der Waals surface area contributed by atoms with Gasteiger partial charge in [-0.25, -0.2) is 0 Å². The fourth-order valence-electron chi connectivity index (χ4n) is 12.3. The number of benzene rings is 8. The molecular formula is C63H47NO. The van der Waals surface area contributed by atoms with Gasteiger partial charge >= 0.3 is 0 Å². The zero-order chi connectivity index (χ0) is 43.1. The summed E-state index contributed by atoms with van der Waals surface area (Å²) in [5.41, 5.74) is 18.8. The lowest BCUT2D eigenvalue weighted by molar-refractivity contribution is 0.597. The van der Waals surface area contributed by atoms with Crippen LogP contribution in [0.5, 0.6) is 0 Å². The summed E-state index contributed by atoms with van der Waals surface area (Å²) >= 11 is 0. The Morgan fingerprint density at radius 2 is 1.18 bits per heavy atom. The van der Waals surface area contributed by atoms with Gasteiger partial charge in [0.1, 0.15) is 11.2 Å². The lowest BCUT2D eigenvalue weighted by Crippen LogP contribution is -2.46. The second-order valence-corrected chi connectivity index (χ2v) is 18.2. The summed E-state index contributed by atoms with van der Waals surface area (Å²) in [6, 6.07) is 72.5. The Labute approximate surface area is 380 Å². The number of hydrogen-bond donors (Lipinski definition) is 0. The molecule has 0 N–H and O–H groups in total. The van der Waals surface area contributed by atoms with Gasteiger partial charge in [0.15, 0.2) is 0 Å². The van der Waals surface area contributed by atoms with Crippen LogP contribution in [0.15, 0.2) is 241 Å². The lowest BCUT2D eigenvalue weighted by Gasteiger charge is -2.51. The van der Waals surface area contributed by atoms with Crippen LogP contribution in [0.2, 0.25) is 0 Å². The van der Waals surface area contributed by atoms with Crippen molar-refractivity contribution in [3.8, 4) is 11.1 Å². The Bertz CT molecular complexity index is 3480. The first-order valence-electron chi connectivity index (χ1n) is 23.2. The molecule has 4 aliphatic rings. The molecule has 2 heteroatoms. The van der Waals surface area contributed by atoms with E-state index < -0.39 is 10.8 Å². The monoisotopic (exact) mass is 833 g/mol. The highest BCUT2D eigenvalue weighted by molar-refractivity contribution is 6.06. The van der Waals surface area contributed by atoms with Crippen molar-refractivity contribution in [2.75, 3.05) is 4.90 Å². The summed E-state index contributed by atoms with van der Waals surface area (Å²) in [6.45, 7) is 2.38. The molecule has 4 atom stereocenters. The largest absolute Gasteiger partial charge is 0.456 e.